The molecular formula is C27H23BrN2O5S. The highest BCUT2D eigenvalue weighted by molar-refractivity contribution is 9.10. The van der Waals surface area contributed by atoms with Crippen LogP contribution in [0.2, 0.25) is 0 Å². The van der Waals surface area contributed by atoms with E-state index in [-0.39, 0.29) is 23.4 Å². The number of hydrogen-bond acceptors (Lipinski definition) is 7. The van der Waals surface area contributed by atoms with E-state index >= 15 is 0 Å². The van der Waals surface area contributed by atoms with E-state index in [1.807, 2.05) is 24.3 Å². The summed E-state index contributed by atoms with van der Waals surface area (Å²) in [6.45, 7) is 7.85. The zero-order valence-corrected chi connectivity index (χ0v) is 22.5. The number of nitrogens with zero attached hydrogens (tertiary/aromatic N) is 2. The van der Waals surface area contributed by atoms with Gasteiger partial charge in [-0.25, -0.2) is 9.78 Å². The fraction of sp³-hybridized carbons (Fsp3) is 0.259. The van der Waals surface area contributed by atoms with Gasteiger partial charge in [0.1, 0.15) is 10.5 Å². The van der Waals surface area contributed by atoms with Crippen LogP contribution in [0.15, 0.2) is 56.1 Å². The van der Waals surface area contributed by atoms with Gasteiger partial charge in [0.05, 0.1) is 29.3 Å². The maximum absolute atomic E-state index is 13.8. The Morgan fingerprint density at radius 2 is 1.92 bits per heavy atom. The molecular weight excluding hydrogens is 544 g/mol. The second-order valence-electron chi connectivity index (χ2n) is 8.84. The molecule has 0 saturated carbocycles. The molecule has 0 spiro atoms. The molecule has 7 nitrogen and oxygen atoms in total. The topological polar surface area (TPSA) is 89.7 Å². The number of halogens is 1. The van der Waals surface area contributed by atoms with Crippen LogP contribution in [0.4, 0.5) is 5.13 Å². The highest BCUT2D eigenvalue weighted by Crippen LogP contribution is 2.43. The van der Waals surface area contributed by atoms with Gasteiger partial charge in [0.25, 0.3) is 5.91 Å². The first-order valence-electron chi connectivity index (χ1n) is 11.6. The van der Waals surface area contributed by atoms with Crippen molar-refractivity contribution in [1.29, 1.82) is 0 Å². The number of aromatic nitrogens is 1. The van der Waals surface area contributed by atoms with Crippen molar-refractivity contribution in [3.63, 3.8) is 0 Å². The number of hydrogen-bond donors (Lipinski definition) is 0. The van der Waals surface area contributed by atoms with Crippen molar-refractivity contribution < 1.29 is 18.7 Å². The summed E-state index contributed by atoms with van der Waals surface area (Å²) in [5.41, 5.74) is 2.65. The van der Waals surface area contributed by atoms with Gasteiger partial charge in [0.15, 0.2) is 10.6 Å². The number of benzene rings is 2. The van der Waals surface area contributed by atoms with Crippen LogP contribution in [-0.2, 0) is 4.74 Å². The molecule has 0 aliphatic carbocycles. The molecule has 0 bridgehead atoms. The predicted molar refractivity (Wildman–Crippen MR) is 142 cm³/mol. The molecule has 3 heterocycles. The Bertz CT molecular complexity index is 1570. The largest absolute Gasteiger partial charge is 0.462 e. The average molecular weight is 567 g/mol. The third kappa shape index (κ3) is 3.96. The van der Waals surface area contributed by atoms with Crippen molar-refractivity contribution in [3.8, 4) is 0 Å². The van der Waals surface area contributed by atoms with E-state index in [2.05, 4.69) is 34.8 Å². The van der Waals surface area contributed by atoms with Gasteiger partial charge in [0, 0.05) is 4.47 Å². The molecule has 0 radical (unpaired) electrons. The molecule has 0 saturated heterocycles. The maximum Gasteiger partial charge on any atom is 0.350 e. The molecule has 2 aromatic heterocycles. The van der Waals surface area contributed by atoms with Gasteiger partial charge >= 0.3 is 5.97 Å². The van der Waals surface area contributed by atoms with Crippen molar-refractivity contribution in [2.24, 2.45) is 0 Å². The van der Waals surface area contributed by atoms with E-state index in [0.29, 0.717) is 32.6 Å². The Labute approximate surface area is 219 Å². The van der Waals surface area contributed by atoms with E-state index in [1.54, 1.807) is 32.0 Å². The van der Waals surface area contributed by atoms with Crippen molar-refractivity contribution in [2.75, 3.05) is 11.5 Å². The number of thiazole rings is 1. The van der Waals surface area contributed by atoms with E-state index in [0.717, 1.165) is 26.9 Å². The fourth-order valence-corrected chi connectivity index (χ4v) is 5.74. The van der Waals surface area contributed by atoms with Crippen LogP contribution in [0, 0.1) is 6.92 Å². The Morgan fingerprint density at radius 1 is 1.19 bits per heavy atom. The minimum Gasteiger partial charge on any atom is -0.462 e. The molecule has 1 aliphatic rings. The third-order valence-corrected chi connectivity index (χ3v) is 7.83. The Balaban J connectivity index is 1.74. The van der Waals surface area contributed by atoms with Crippen LogP contribution in [0.3, 0.4) is 0 Å². The minimum atomic E-state index is -0.756. The maximum atomic E-state index is 13.8. The highest BCUT2D eigenvalue weighted by atomic mass is 79.9. The number of ether oxygens (including phenoxy) is 1. The molecule has 1 unspecified atom stereocenters. The fourth-order valence-electron chi connectivity index (χ4n) is 4.39. The number of amides is 1. The predicted octanol–water partition coefficient (Wildman–Crippen LogP) is 6.37. The molecule has 4 aromatic rings. The first-order valence-corrected chi connectivity index (χ1v) is 13.2. The minimum absolute atomic E-state index is 0.0155. The first-order chi connectivity index (χ1) is 17.2. The zero-order chi connectivity index (χ0) is 25.7. The second kappa shape index (κ2) is 9.29. The lowest BCUT2D eigenvalue weighted by atomic mass is 9.95. The average Bonchev–Trinajstić information content (AvgIpc) is 3.37. The van der Waals surface area contributed by atoms with E-state index in [1.165, 1.54) is 4.90 Å². The molecule has 1 amide bonds. The first kappa shape index (κ1) is 24.4. The monoisotopic (exact) mass is 566 g/mol. The number of carbonyl (C=O) groups is 2. The number of aryl methyl sites for hydroxylation is 1. The van der Waals surface area contributed by atoms with E-state index in [9.17, 15) is 14.4 Å². The lowest BCUT2D eigenvalue weighted by Gasteiger charge is -2.23. The molecule has 36 heavy (non-hydrogen) atoms. The van der Waals surface area contributed by atoms with Gasteiger partial charge in [-0.05, 0) is 49.1 Å². The number of rotatable bonds is 5. The van der Waals surface area contributed by atoms with Crippen molar-refractivity contribution >= 4 is 55.2 Å². The number of anilines is 1. The van der Waals surface area contributed by atoms with Gasteiger partial charge in [-0.2, -0.15) is 0 Å². The van der Waals surface area contributed by atoms with Crippen molar-refractivity contribution in [3.05, 3.63) is 90.2 Å². The molecule has 1 aliphatic heterocycles. The van der Waals surface area contributed by atoms with Crippen LogP contribution in [-0.4, -0.2) is 23.5 Å². The summed E-state index contributed by atoms with van der Waals surface area (Å²) in [5.74, 6) is -0.661. The van der Waals surface area contributed by atoms with Gasteiger partial charge in [-0.3, -0.25) is 14.5 Å². The van der Waals surface area contributed by atoms with E-state index in [4.69, 9.17) is 9.15 Å². The summed E-state index contributed by atoms with van der Waals surface area (Å²) in [6, 6.07) is 12.2. The third-order valence-electron chi connectivity index (χ3n) is 6.20. The van der Waals surface area contributed by atoms with Gasteiger partial charge in [-0.1, -0.05) is 65.4 Å². The number of fused-ring (bicyclic) bond motifs is 2. The summed E-state index contributed by atoms with van der Waals surface area (Å²) in [5, 5.41) is 0.679. The van der Waals surface area contributed by atoms with Crippen LogP contribution < -0.4 is 10.3 Å². The quantitative estimate of drug-likeness (QED) is 0.261. The number of carbonyl (C=O) groups excluding carboxylic acids is 2. The summed E-state index contributed by atoms with van der Waals surface area (Å²) >= 11 is 4.48. The van der Waals surface area contributed by atoms with Crippen molar-refractivity contribution in [2.45, 2.75) is 39.7 Å². The zero-order valence-electron chi connectivity index (χ0n) is 20.1. The van der Waals surface area contributed by atoms with Crippen LogP contribution in [0.1, 0.15) is 75.3 Å². The van der Waals surface area contributed by atoms with Gasteiger partial charge < -0.3 is 9.15 Å². The summed E-state index contributed by atoms with van der Waals surface area (Å²) < 4.78 is 11.9. The van der Waals surface area contributed by atoms with Crippen molar-refractivity contribution in [1.82, 2.24) is 4.98 Å². The second-order valence-corrected chi connectivity index (χ2v) is 10.7. The molecule has 5 rings (SSSR count). The lowest BCUT2D eigenvalue weighted by Crippen LogP contribution is -2.29. The summed E-state index contributed by atoms with van der Waals surface area (Å²) in [4.78, 5) is 46.3. The standard InChI is InChI=1S/C27H23BrN2O5S/c1-5-34-26(33)24-14(4)29-27(36-24)30-21(16-8-6-15(7-9-16)13(2)3)20-22(31)18-12-17(28)10-11-19(18)35-23(20)25(30)32/h6-13,21H,5H2,1-4H3. The van der Waals surface area contributed by atoms with Crippen LogP contribution in [0.25, 0.3) is 11.0 Å². The molecule has 0 fully saturated rings. The molecule has 0 N–H and O–H groups in total. The van der Waals surface area contributed by atoms with E-state index < -0.39 is 17.9 Å². The molecule has 1 atom stereocenters. The van der Waals surface area contributed by atoms with Crippen LogP contribution >= 0.6 is 27.3 Å². The SMILES string of the molecule is CCOC(=O)c1sc(N2C(=O)c3oc4ccc(Br)cc4c(=O)c3C2c2ccc(C(C)C)cc2)nc1C. The summed E-state index contributed by atoms with van der Waals surface area (Å²) in [7, 11) is 0. The van der Waals surface area contributed by atoms with Crippen LogP contribution in [0.5, 0.6) is 0 Å². The molecule has 184 valence electrons. The Morgan fingerprint density at radius 3 is 2.58 bits per heavy atom. The Kier molecular flexibility index (Phi) is 6.30. The van der Waals surface area contributed by atoms with Gasteiger partial charge in [-0.15, -0.1) is 0 Å². The highest BCUT2D eigenvalue weighted by Gasteiger charge is 2.45. The van der Waals surface area contributed by atoms with Gasteiger partial charge in [0.2, 0.25) is 5.76 Å². The number of esters is 1. The Hall–Kier alpha value is -3.30. The molecule has 2 aromatic carbocycles. The summed E-state index contributed by atoms with van der Waals surface area (Å²) in [6.07, 6.45) is 0. The smallest absolute Gasteiger partial charge is 0.350 e. The normalized spacial score (nSPS) is 15.1. The lowest BCUT2D eigenvalue weighted by molar-refractivity contribution is 0.0531. The molecule has 9 heteroatoms.